The zero-order valence-electron chi connectivity index (χ0n) is 4.15. The van der Waals surface area contributed by atoms with Gasteiger partial charge < -0.3 is 13.8 Å². The molecule has 0 spiro atoms. The van der Waals surface area contributed by atoms with Crippen molar-refractivity contribution < 1.29 is 17.3 Å². The van der Waals surface area contributed by atoms with Gasteiger partial charge in [0.1, 0.15) is 0 Å². The van der Waals surface area contributed by atoms with E-state index in [1.54, 1.807) is 13.8 Å². The first kappa shape index (κ1) is 15.8. The van der Waals surface area contributed by atoms with Crippen molar-refractivity contribution in [2.75, 3.05) is 0 Å². The fourth-order valence-corrected chi connectivity index (χ4v) is 0. The summed E-state index contributed by atoms with van der Waals surface area (Å²) in [5.41, 5.74) is 0. The molecule has 0 heterocycles. The van der Waals surface area contributed by atoms with E-state index in [2.05, 4.69) is 23.5 Å². The van der Waals surface area contributed by atoms with E-state index in [1.165, 1.54) is 0 Å². The van der Waals surface area contributed by atoms with E-state index in [4.69, 9.17) is 0 Å². The summed E-state index contributed by atoms with van der Waals surface area (Å²) in [7, 11) is 4.57. The van der Waals surface area contributed by atoms with Gasteiger partial charge in [0.05, 0.1) is 0 Å². The van der Waals surface area contributed by atoms with Crippen molar-refractivity contribution in [3.63, 3.8) is 0 Å². The Balaban J connectivity index is -0.0000000225. The van der Waals surface area contributed by atoms with Crippen molar-refractivity contribution in [2.45, 2.75) is 13.8 Å². The van der Waals surface area contributed by atoms with E-state index >= 15 is 0 Å². The summed E-state index contributed by atoms with van der Waals surface area (Å²) in [6.07, 6.45) is 0. The number of rotatable bonds is 0. The molecule has 0 aromatic rings. The Kier molecular flexibility index (Phi) is 450. The van der Waals surface area contributed by atoms with Crippen LogP contribution in [-0.4, -0.2) is 0 Å². The fraction of sp³-hybridized carbons (Fsp3) is 0.500. The van der Waals surface area contributed by atoms with Crippen LogP contribution in [0.2, 0.25) is 0 Å². The third-order valence-corrected chi connectivity index (χ3v) is 0. The van der Waals surface area contributed by atoms with Gasteiger partial charge in [-0.3, -0.25) is 0 Å². The molecule has 0 aliphatic rings. The fourth-order valence-electron chi connectivity index (χ4n) is 0. The molecule has 0 saturated carbocycles. The van der Waals surface area contributed by atoms with E-state index in [9.17, 15) is 0 Å². The van der Waals surface area contributed by atoms with Gasteiger partial charge in [0.25, 0.3) is 0 Å². The van der Waals surface area contributed by atoms with Crippen LogP contribution in [0.25, 0.3) is 0 Å². The first-order valence-corrected chi connectivity index (χ1v) is 3.79. The van der Waals surface area contributed by atoms with Gasteiger partial charge >= 0.3 is 27.0 Å². The quantitative estimate of drug-likeness (QED) is 0.410. The molecule has 0 nitrogen and oxygen atoms in total. The molecule has 0 saturated heterocycles. The molecule has 0 aromatic heterocycles. The maximum absolute atomic E-state index is 4.57. The molecule has 0 unspecified atom stereocenters. The van der Waals surface area contributed by atoms with Gasteiger partial charge in [-0.25, -0.2) is 0 Å². The summed E-state index contributed by atoms with van der Waals surface area (Å²) in [6, 6.07) is 0. The number of halogens is 1. The van der Waals surface area contributed by atoms with Crippen LogP contribution in [0.1, 0.15) is 13.8 Å². The molecule has 0 amide bonds. The topological polar surface area (TPSA) is 0 Å². The minimum absolute atomic E-state index is 1.75. The van der Waals surface area contributed by atoms with Crippen LogP contribution in [-0.2, 0) is 17.3 Å². The zero-order valence-corrected chi connectivity index (χ0v) is 6.64. The Hall–Kier alpha value is 0.913. The molecule has 0 aliphatic carbocycles. The Bertz CT molecular complexity index is 7.51. The van der Waals surface area contributed by atoms with Crippen LogP contribution in [0.5, 0.6) is 0 Å². The molecule has 0 aromatic carbocycles. The number of hydrogen-bond acceptors (Lipinski definition) is 0. The van der Waals surface area contributed by atoms with E-state index in [0.29, 0.717) is 0 Å². The Labute approximate surface area is 55.0 Å². The average Bonchev–Trinajstić information content (AvgIpc) is 1.81. The summed E-state index contributed by atoms with van der Waals surface area (Å²) < 4.78 is 0. The number of hydrogen-bond donors (Lipinski definition) is 0. The van der Waals surface area contributed by atoms with E-state index in [1.807, 2.05) is 17.3 Å². The van der Waals surface area contributed by atoms with Crippen molar-refractivity contribution in [3.8, 4) is 0 Å². The van der Waals surface area contributed by atoms with Gasteiger partial charge in [-0.1, -0.05) is 0 Å². The molecule has 0 rings (SSSR count). The molecule has 0 atom stereocenters. The summed E-state index contributed by atoms with van der Waals surface area (Å²) in [5.74, 6) is 0. The van der Waals surface area contributed by atoms with Gasteiger partial charge in [0.15, 0.2) is 0 Å². The van der Waals surface area contributed by atoms with Crippen LogP contribution in [0.4, 0.5) is 0 Å². The van der Waals surface area contributed by atoms with Crippen LogP contribution in [0, 0.1) is 13.8 Å². The van der Waals surface area contributed by atoms with Crippen molar-refractivity contribution >= 4 is 9.69 Å². The van der Waals surface area contributed by atoms with Crippen LogP contribution in [0.15, 0.2) is 0 Å². The van der Waals surface area contributed by atoms with E-state index in [-0.39, 0.29) is 0 Å². The molecular formula is C4H10ClRu. The van der Waals surface area contributed by atoms with Gasteiger partial charge in [0, 0.05) is 0 Å². The summed E-state index contributed by atoms with van der Waals surface area (Å²) in [6.45, 7) is 10.0. The van der Waals surface area contributed by atoms with E-state index < -0.39 is 0 Å². The second kappa shape index (κ2) is 171. The van der Waals surface area contributed by atoms with Gasteiger partial charge in [-0.15, -0.1) is 0 Å². The zero-order chi connectivity index (χ0) is 6.00. The first-order valence-electron chi connectivity index (χ1n) is 1.55. The van der Waals surface area contributed by atoms with Gasteiger partial charge in [0.2, 0.25) is 0 Å². The maximum atomic E-state index is 4.57. The summed E-state index contributed by atoms with van der Waals surface area (Å²) in [4.78, 5) is 0. The molecular weight excluding hydrogens is 185 g/mol. The van der Waals surface area contributed by atoms with Crippen LogP contribution in [0.3, 0.4) is 0 Å². The Morgan fingerprint density at radius 1 is 1.00 bits per heavy atom. The predicted molar refractivity (Wildman–Crippen MR) is 27.9 cm³/mol. The van der Waals surface area contributed by atoms with Crippen molar-refractivity contribution in [1.29, 1.82) is 0 Å². The van der Waals surface area contributed by atoms with Crippen molar-refractivity contribution in [2.24, 2.45) is 0 Å². The van der Waals surface area contributed by atoms with Crippen molar-refractivity contribution in [3.05, 3.63) is 13.8 Å². The van der Waals surface area contributed by atoms with Gasteiger partial charge in [-0.05, 0) is 0 Å². The monoisotopic (exact) mass is 195 g/mol. The second-order valence-electron chi connectivity index (χ2n) is 0. The molecule has 0 fully saturated rings. The molecule has 2 heteroatoms. The van der Waals surface area contributed by atoms with E-state index in [0.717, 1.165) is 0 Å². The summed E-state index contributed by atoms with van der Waals surface area (Å²) >= 11 is 1.82. The molecule has 0 N–H and O–H groups in total. The molecule has 0 bridgehead atoms. The SMILES string of the molecule is [CH2-]C.[CH2-]C.[Cl][Ru+2]. The average molecular weight is 195 g/mol. The molecule has 0 radical (unpaired) electrons. The molecule has 0 aliphatic heterocycles. The minimum atomic E-state index is 1.75. The molecule has 41 valence electrons. The predicted octanol–water partition coefficient (Wildman–Crippen LogP) is 2.37. The summed E-state index contributed by atoms with van der Waals surface area (Å²) in [5, 5.41) is 0. The second-order valence-corrected chi connectivity index (χ2v) is 0. The first-order chi connectivity index (χ1) is 3.00. The normalized spacial score (nSPS) is 2.83. The van der Waals surface area contributed by atoms with Crippen LogP contribution >= 0.6 is 9.69 Å². The van der Waals surface area contributed by atoms with Crippen molar-refractivity contribution in [1.82, 2.24) is 0 Å². The Morgan fingerprint density at radius 3 is 1.00 bits per heavy atom. The van der Waals surface area contributed by atoms with Crippen LogP contribution < -0.4 is 0 Å². The Morgan fingerprint density at radius 2 is 1.00 bits per heavy atom. The standard InChI is InChI=1S/2C2H5.ClH.Ru/c2*1-2;;/h2*1H2,2H3;1H;/q2*-1;;+3/p-1. The third kappa shape index (κ3) is 90.2. The molecule has 6 heavy (non-hydrogen) atoms. The van der Waals surface area contributed by atoms with Gasteiger partial charge in [-0.2, -0.15) is 13.8 Å². The third-order valence-electron chi connectivity index (χ3n) is 0.